The Bertz CT molecular complexity index is 1230. The number of aromatic amines is 2. The maximum absolute atomic E-state index is 4.53. The van der Waals surface area contributed by atoms with Gasteiger partial charge >= 0.3 is 0 Å². The van der Waals surface area contributed by atoms with Crippen molar-refractivity contribution >= 4 is 27.6 Å². The summed E-state index contributed by atoms with van der Waals surface area (Å²) in [6, 6.07) is 14.6. The maximum atomic E-state index is 4.53. The van der Waals surface area contributed by atoms with E-state index in [1.165, 1.54) is 5.39 Å². The molecule has 0 radical (unpaired) electrons. The monoisotopic (exact) mass is 354 g/mol. The Balaban J connectivity index is 1.65. The second-order valence-corrected chi connectivity index (χ2v) is 6.79. The van der Waals surface area contributed by atoms with Crippen molar-refractivity contribution in [2.75, 3.05) is 19.0 Å². The minimum Gasteiger partial charge on any atom is -0.376 e. The van der Waals surface area contributed by atoms with Gasteiger partial charge < -0.3 is 9.88 Å². The van der Waals surface area contributed by atoms with Crippen LogP contribution in [-0.2, 0) is 0 Å². The number of H-pyrrole nitrogens is 2. The first kappa shape index (κ1) is 15.6. The van der Waals surface area contributed by atoms with Gasteiger partial charge in [0.25, 0.3) is 0 Å². The van der Waals surface area contributed by atoms with Crippen LogP contribution in [0.3, 0.4) is 0 Å². The summed E-state index contributed by atoms with van der Waals surface area (Å²) in [6.45, 7) is 0. The molecule has 0 fully saturated rings. The van der Waals surface area contributed by atoms with E-state index in [1.54, 1.807) is 0 Å². The Morgan fingerprint density at radius 2 is 1.78 bits per heavy atom. The quantitative estimate of drug-likeness (QED) is 0.508. The van der Waals surface area contributed by atoms with Crippen LogP contribution in [0.2, 0.25) is 0 Å². The molecule has 1 aromatic carbocycles. The number of nitrogens with one attached hydrogen (secondary N) is 2. The molecule has 0 atom stereocenters. The number of nitrogens with zero attached hydrogens (tertiary/aromatic N) is 4. The summed E-state index contributed by atoms with van der Waals surface area (Å²) in [5.41, 5.74) is 6.82. The maximum Gasteiger partial charge on any atom is 0.181 e. The summed E-state index contributed by atoms with van der Waals surface area (Å²) < 4.78 is 0. The van der Waals surface area contributed by atoms with Crippen molar-refractivity contribution in [2.45, 2.75) is 0 Å². The third-order valence-electron chi connectivity index (χ3n) is 4.78. The van der Waals surface area contributed by atoms with Gasteiger partial charge in [0.1, 0.15) is 0 Å². The molecule has 4 heterocycles. The summed E-state index contributed by atoms with van der Waals surface area (Å²) >= 11 is 0. The van der Waals surface area contributed by atoms with Gasteiger partial charge in [0.05, 0.1) is 23.3 Å². The molecule has 6 heteroatoms. The third kappa shape index (κ3) is 2.62. The predicted octanol–water partition coefficient (Wildman–Crippen LogP) is 4.23. The minimum atomic E-state index is 0.698. The van der Waals surface area contributed by atoms with E-state index in [4.69, 9.17) is 0 Å². The lowest BCUT2D eigenvalue weighted by molar-refractivity contribution is 1.10. The first-order valence-electron chi connectivity index (χ1n) is 8.74. The normalized spacial score (nSPS) is 11.3. The van der Waals surface area contributed by atoms with Crippen LogP contribution in [0.5, 0.6) is 0 Å². The Hall–Kier alpha value is -3.67. The Morgan fingerprint density at radius 1 is 0.926 bits per heavy atom. The average Bonchev–Trinajstić information content (AvgIpc) is 3.31. The summed E-state index contributed by atoms with van der Waals surface area (Å²) in [5, 5.41) is 9.65. The van der Waals surface area contributed by atoms with E-state index in [2.05, 4.69) is 55.5 Å². The first-order chi connectivity index (χ1) is 13.2. The number of hydrogen-bond donors (Lipinski definition) is 2. The molecular weight excluding hydrogens is 336 g/mol. The van der Waals surface area contributed by atoms with Crippen molar-refractivity contribution in [3.8, 4) is 22.5 Å². The topological polar surface area (TPSA) is 73.5 Å². The van der Waals surface area contributed by atoms with E-state index >= 15 is 0 Å². The van der Waals surface area contributed by atoms with E-state index < -0.39 is 0 Å². The van der Waals surface area contributed by atoms with Crippen molar-refractivity contribution in [2.24, 2.45) is 0 Å². The predicted molar refractivity (Wildman–Crippen MR) is 109 cm³/mol. The molecule has 5 aromatic rings. The van der Waals surface area contributed by atoms with Gasteiger partial charge in [-0.3, -0.25) is 10.1 Å². The number of benzene rings is 1. The number of fused-ring (bicyclic) bond motifs is 2. The fraction of sp³-hybridized carbons (Fsp3) is 0.0952. The number of aromatic nitrogens is 5. The second-order valence-electron chi connectivity index (χ2n) is 6.79. The Morgan fingerprint density at radius 3 is 2.63 bits per heavy atom. The molecule has 0 saturated carbocycles. The number of para-hydroxylation sites is 1. The van der Waals surface area contributed by atoms with E-state index in [0.717, 1.165) is 39.1 Å². The van der Waals surface area contributed by atoms with Crippen LogP contribution in [0.15, 0.2) is 61.1 Å². The van der Waals surface area contributed by atoms with E-state index in [-0.39, 0.29) is 0 Å². The van der Waals surface area contributed by atoms with Gasteiger partial charge in [-0.2, -0.15) is 5.10 Å². The molecule has 0 saturated heterocycles. The molecule has 0 aliphatic rings. The summed E-state index contributed by atoms with van der Waals surface area (Å²) in [7, 11) is 4.01. The molecule has 0 aliphatic heterocycles. The highest BCUT2D eigenvalue weighted by molar-refractivity contribution is 5.96. The highest BCUT2D eigenvalue weighted by atomic mass is 15.2. The third-order valence-corrected chi connectivity index (χ3v) is 4.78. The van der Waals surface area contributed by atoms with Crippen LogP contribution >= 0.6 is 0 Å². The van der Waals surface area contributed by atoms with Crippen molar-refractivity contribution in [3.05, 3.63) is 61.1 Å². The van der Waals surface area contributed by atoms with Crippen molar-refractivity contribution in [1.82, 2.24) is 25.1 Å². The second kappa shape index (κ2) is 5.95. The molecule has 0 spiro atoms. The lowest BCUT2D eigenvalue weighted by Crippen LogP contribution is -2.08. The van der Waals surface area contributed by atoms with Gasteiger partial charge in [0, 0.05) is 53.9 Å². The molecule has 0 amide bonds. The molecular formula is C21H18N6. The number of hydrogen-bond acceptors (Lipinski definition) is 4. The Labute approximate surface area is 155 Å². The number of anilines is 1. The van der Waals surface area contributed by atoms with Crippen molar-refractivity contribution < 1.29 is 0 Å². The van der Waals surface area contributed by atoms with E-state index in [0.29, 0.717) is 5.65 Å². The summed E-state index contributed by atoms with van der Waals surface area (Å²) in [6.07, 6.45) is 5.55. The van der Waals surface area contributed by atoms with Gasteiger partial charge in [-0.05, 0) is 24.3 Å². The minimum absolute atomic E-state index is 0.698. The molecule has 0 bridgehead atoms. The fourth-order valence-corrected chi connectivity index (χ4v) is 3.30. The molecule has 132 valence electrons. The smallest absolute Gasteiger partial charge is 0.181 e. The number of pyridine rings is 2. The summed E-state index contributed by atoms with van der Waals surface area (Å²) in [5.74, 6) is 0. The zero-order valence-electron chi connectivity index (χ0n) is 15.1. The highest BCUT2D eigenvalue weighted by Gasteiger charge is 2.13. The molecule has 6 nitrogen and oxygen atoms in total. The molecule has 5 rings (SSSR count). The average molecular weight is 354 g/mol. The lowest BCUT2D eigenvalue weighted by Gasteiger charge is -2.12. The van der Waals surface area contributed by atoms with Crippen LogP contribution in [-0.4, -0.2) is 39.2 Å². The fourth-order valence-electron chi connectivity index (χ4n) is 3.30. The SMILES string of the molecule is CN(C)c1cncc(-c2cnc3n[nH]c(-c4cc5ccccc5[nH]4)c3c2)c1. The van der Waals surface area contributed by atoms with Crippen molar-refractivity contribution in [1.29, 1.82) is 0 Å². The van der Waals surface area contributed by atoms with Crippen LogP contribution < -0.4 is 4.90 Å². The van der Waals surface area contributed by atoms with Gasteiger partial charge in [-0.15, -0.1) is 0 Å². The molecule has 0 unspecified atom stereocenters. The molecule has 0 aliphatic carbocycles. The van der Waals surface area contributed by atoms with Gasteiger partial charge in [-0.1, -0.05) is 18.2 Å². The highest BCUT2D eigenvalue weighted by Crippen LogP contribution is 2.31. The van der Waals surface area contributed by atoms with Crippen LogP contribution in [0.1, 0.15) is 0 Å². The standard InChI is InChI=1S/C21H18N6/c1-27(2)16-7-14(10-22-12-16)15-8-17-20(25-26-21(17)23-11-15)19-9-13-5-3-4-6-18(13)24-19/h3-12,24H,1-2H3,(H,23,25,26). The molecule has 27 heavy (non-hydrogen) atoms. The van der Waals surface area contributed by atoms with E-state index in [1.807, 2.05) is 49.7 Å². The first-order valence-corrected chi connectivity index (χ1v) is 8.74. The zero-order chi connectivity index (χ0) is 18.4. The van der Waals surface area contributed by atoms with Crippen LogP contribution in [0.4, 0.5) is 5.69 Å². The largest absolute Gasteiger partial charge is 0.376 e. The zero-order valence-corrected chi connectivity index (χ0v) is 15.1. The Kier molecular flexibility index (Phi) is 3.43. The number of rotatable bonds is 3. The van der Waals surface area contributed by atoms with Crippen LogP contribution in [0, 0.1) is 0 Å². The van der Waals surface area contributed by atoms with Gasteiger partial charge in [0.15, 0.2) is 5.65 Å². The van der Waals surface area contributed by atoms with Gasteiger partial charge in [0.2, 0.25) is 0 Å². The van der Waals surface area contributed by atoms with Gasteiger partial charge in [-0.25, -0.2) is 4.98 Å². The van der Waals surface area contributed by atoms with Crippen LogP contribution in [0.25, 0.3) is 44.5 Å². The summed E-state index contributed by atoms with van der Waals surface area (Å²) in [4.78, 5) is 14.4. The van der Waals surface area contributed by atoms with E-state index in [9.17, 15) is 0 Å². The lowest BCUT2D eigenvalue weighted by atomic mass is 10.1. The molecule has 4 aromatic heterocycles. The van der Waals surface area contributed by atoms with Crippen molar-refractivity contribution in [3.63, 3.8) is 0 Å². The molecule has 2 N–H and O–H groups in total.